The van der Waals surface area contributed by atoms with E-state index in [0.717, 1.165) is 10.5 Å². The number of carboxylic acid groups (broad SMARTS) is 1. The summed E-state index contributed by atoms with van der Waals surface area (Å²) in [6.07, 6.45) is 3.99. The van der Waals surface area contributed by atoms with Crippen molar-refractivity contribution in [2.45, 2.75) is 23.3 Å². The first-order valence-electron chi connectivity index (χ1n) is 8.32. The Hall–Kier alpha value is -2.05. The summed E-state index contributed by atoms with van der Waals surface area (Å²) >= 11 is 1.63. The van der Waals surface area contributed by atoms with Crippen molar-refractivity contribution in [3.05, 3.63) is 59.9 Å². The van der Waals surface area contributed by atoms with Gasteiger partial charge in [-0.2, -0.15) is 0 Å². The number of likely N-dealkylation sites (tertiary alicyclic amines) is 1. The van der Waals surface area contributed by atoms with Crippen LogP contribution in [0.25, 0.3) is 0 Å². The van der Waals surface area contributed by atoms with Gasteiger partial charge in [0.2, 0.25) is 0 Å². The fraction of sp³-hybridized carbons (Fsp3) is 0.368. The third-order valence-electron chi connectivity index (χ3n) is 4.92. The molecule has 1 aliphatic heterocycles. The van der Waals surface area contributed by atoms with Crippen LogP contribution in [0.4, 0.5) is 4.79 Å². The Balaban J connectivity index is 2.00. The number of nitrogens with zero attached hydrogens (tertiary/aromatic N) is 2. The molecule has 0 aliphatic carbocycles. The first-order chi connectivity index (χ1) is 12.1. The smallest absolute Gasteiger partial charge is 0.407 e. The zero-order valence-corrected chi connectivity index (χ0v) is 14.9. The molecular weight excluding hydrogens is 336 g/mol. The van der Waals surface area contributed by atoms with Gasteiger partial charge in [0.05, 0.1) is 5.69 Å². The minimum atomic E-state index is -1.22. The molecule has 0 spiro atoms. The zero-order chi connectivity index (χ0) is 17.9. The molecule has 3 rings (SSSR count). The number of hydrogen-bond acceptors (Lipinski definition) is 4. The minimum Gasteiger partial charge on any atom is -0.465 e. The lowest BCUT2D eigenvalue weighted by Crippen LogP contribution is -2.46. The van der Waals surface area contributed by atoms with E-state index in [9.17, 15) is 15.0 Å². The number of piperidine rings is 1. The van der Waals surface area contributed by atoms with Gasteiger partial charge in [0.15, 0.2) is 0 Å². The molecule has 1 unspecified atom stereocenters. The molecule has 0 radical (unpaired) electrons. The summed E-state index contributed by atoms with van der Waals surface area (Å²) in [7, 11) is 0. The van der Waals surface area contributed by atoms with Gasteiger partial charge in [-0.05, 0) is 48.9 Å². The molecule has 0 saturated carbocycles. The third kappa shape index (κ3) is 3.50. The quantitative estimate of drug-likeness (QED) is 0.819. The molecule has 1 atom stereocenters. The van der Waals surface area contributed by atoms with E-state index in [0.29, 0.717) is 31.6 Å². The van der Waals surface area contributed by atoms with Crippen LogP contribution in [0.15, 0.2) is 53.6 Å². The van der Waals surface area contributed by atoms with Crippen LogP contribution in [0.1, 0.15) is 24.1 Å². The van der Waals surface area contributed by atoms with Gasteiger partial charge in [-0.25, -0.2) is 4.79 Å². The Morgan fingerprint density at radius 3 is 2.60 bits per heavy atom. The Morgan fingerprint density at radius 2 is 2.00 bits per heavy atom. The van der Waals surface area contributed by atoms with Crippen LogP contribution in [-0.2, 0) is 5.60 Å². The van der Waals surface area contributed by atoms with Crippen LogP contribution < -0.4 is 0 Å². The average Bonchev–Trinajstić information content (AvgIpc) is 2.68. The van der Waals surface area contributed by atoms with Gasteiger partial charge < -0.3 is 15.1 Å². The fourth-order valence-corrected chi connectivity index (χ4v) is 3.99. The lowest BCUT2D eigenvalue weighted by atomic mass is 9.74. The summed E-state index contributed by atoms with van der Waals surface area (Å²) in [5, 5.41) is 21.0. The monoisotopic (exact) mass is 358 g/mol. The van der Waals surface area contributed by atoms with E-state index in [4.69, 9.17) is 0 Å². The number of hydrogen-bond donors (Lipinski definition) is 2. The third-order valence-corrected chi connectivity index (χ3v) is 5.65. The van der Waals surface area contributed by atoms with Gasteiger partial charge in [0, 0.05) is 30.1 Å². The van der Waals surface area contributed by atoms with Gasteiger partial charge in [-0.15, -0.1) is 11.8 Å². The first kappa shape index (κ1) is 17.8. The molecule has 25 heavy (non-hydrogen) atoms. The molecule has 1 aliphatic rings. The highest BCUT2D eigenvalue weighted by Gasteiger charge is 2.43. The summed E-state index contributed by atoms with van der Waals surface area (Å²) in [4.78, 5) is 18.1. The van der Waals surface area contributed by atoms with Crippen LogP contribution in [0.2, 0.25) is 0 Å². The number of carbonyl (C=O) groups is 1. The number of aliphatic hydroxyl groups is 1. The molecule has 1 saturated heterocycles. The molecule has 6 heteroatoms. The summed E-state index contributed by atoms with van der Waals surface area (Å²) in [6, 6.07) is 13.4. The predicted octanol–water partition coefficient (Wildman–Crippen LogP) is 3.43. The highest BCUT2D eigenvalue weighted by molar-refractivity contribution is 7.98. The molecule has 0 bridgehead atoms. The molecule has 2 heterocycles. The predicted molar refractivity (Wildman–Crippen MR) is 97.8 cm³/mol. The van der Waals surface area contributed by atoms with Crippen LogP contribution in [0.5, 0.6) is 0 Å². The van der Waals surface area contributed by atoms with Gasteiger partial charge in [0.1, 0.15) is 5.60 Å². The van der Waals surface area contributed by atoms with Crippen molar-refractivity contribution in [2.24, 2.45) is 5.92 Å². The Morgan fingerprint density at radius 1 is 1.24 bits per heavy atom. The van der Waals surface area contributed by atoms with Crippen molar-refractivity contribution in [1.29, 1.82) is 0 Å². The van der Waals surface area contributed by atoms with E-state index >= 15 is 0 Å². The SMILES string of the molecule is CSc1cccc(C(O)(c2ccccn2)C2CCN(C(=O)O)CC2)c1. The molecule has 132 valence electrons. The fourth-order valence-electron chi connectivity index (χ4n) is 3.53. The van der Waals surface area contributed by atoms with Crippen LogP contribution in [0, 0.1) is 5.92 Å². The van der Waals surface area contributed by atoms with E-state index in [1.54, 1.807) is 18.0 Å². The lowest BCUT2D eigenvalue weighted by molar-refractivity contribution is -0.0155. The van der Waals surface area contributed by atoms with Crippen molar-refractivity contribution in [3.63, 3.8) is 0 Å². The van der Waals surface area contributed by atoms with E-state index < -0.39 is 11.7 Å². The molecule has 1 fully saturated rings. The van der Waals surface area contributed by atoms with Crippen molar-refractivity contribution in [3.8, 4) is 0 Å². The second-order valence-corrected chi connectivity index (χ2v) is 7.14. The minimum absolute atomic E-state index is 0.0879. The summed E-state index contributed by atoms with van der Waals surface area (Å²) in [5.41, 5.74) is 0.200. The van der Waals surface area contributed by atoms with Gasteiger partial charge in [-0.3, -0.25) is 4.98 Å². The maximum Gasteiger partial charge on any atom is 0.407 e. The number of pyridine rings is 1. The van der Waals surface area contributed by atoms with Crippen LogP contribution in [-0.4, -0.2) is 45.5 Å². The zero-order valence-electron chi connectivity index (χ0n) is 14.1. The van der Waals surface area contributed by atoms with Crippen LogP contribution in [0.3, 0.4) is 0 Å². The van der Waals surface area contributed by atoms with Crippen molar-refractivity contribution >= 4 is 17.9 Å². The lowest BCUT2D eigenvalue weighted by Gasteiger charge is -2.41. The Kier molecular flexibility index (Phi) is 5.30. The molecule has 1 aromatic carbocycles. The Bertz CT molecular complexity index is 732. The summed E-state index contributed by atoms with van der Waals surface area (Å²) in [6.45, 7) is 0.856. The molecule has 5 nitrogen and oxygen atoms in total. The first-order valence-corrected chi connectivity index (χ1v) is 9.54. The number of benzene rings is 1. The number of aromatic nitrogens is 1. The van der Waals surface area contributed by atoms with E-state index in [1.807, 2.05) is 48.7 Å². The maximum absolute atomic E-state index is 11.8. The number of thioether (sulfide) groups is 1. The number of rotatable bonds is 4. The second-order valence-electron chi connectivity index (χ2n) is 6.26. The van der Waals surface area contributed by atoms with Crippen LogP contribution >= 0.6 is 11.8 Å². The number of amides is 1. The topological polar surface area (TPSA) is 73.7 Å². The molecular formula is C19H22N2O3S. The van der Waals surface area contributed by atoms with Gasteiger partial charge >= 0.3 is 6.09 Å². The molecule has 1 aromatic heterocycles. The van der Waals surface area contributed by atoms with Crippen molar-refractivity contribution in [2.75, 3.05) is 19.3 Å². The molecule has 2 aromatic rings. The summed E-state index contributed by atoms with van der Waals surface area (Å²) in [5.74, 6) is -0.0879. The molecule has 1 amide bonds. The largest absolute Gasteiger partial charge is 0.465 e. The van der Waals surface area contributed by atoms with Crippen molar-refractivity contribution in [1.82, 2.24) is 9.88 Å². The molecule has 2 N–H and O–H groups in total. The normalized spacial score (nSPS) is 17.9. The highest BCUT2D eigenvalue weighted by Crippen LogP contribution is 2.41. The maximum atomic E-state index is 11.8. The second kappa shape index (κ2) is 7.45. The van der Waals surface area contributed by atoms with E-state index in [1.165, 1.54) is 4.90 Å². The van der Waals surface area contributed by atoms with Gasteiger partial charge in [0.25, 0.3) is 0 Å². The van der Waals surface area contributed by atoms with Gasteiger partial charge in [-0.1, -0.05) is 18.2 Å². The van der Waals surface area contributed by atoms with E-state index in [-0.39, 0.29) is 5.92 Å². The summed E-state index contributed by atoms with van der Waals surface area (Å²) < 4.78 is 0. The highest BCUT2D eigenvalue weighted by atomic mass is 32.2. The Labute approximate surface area is 151 Å². The van der Waals surface area contributed by atoms with E-state index in [2.05, 4.69) is 4.98 Å². The standard InChI is InChI=1S/C19H22N2O3S/c1-25-16-6-4-5-15(13-16)19(24,17-7-2-3-10-20-17)14-8-11-21(12-9-14)18(22)23/h2-7,10,13-14,24H,8-9,11-12H2,1H3,(H,22,23). The average molecular weight is 358 g/mol. The van der Waals surface area contributed by atoms with Crippen molar-refractivity contribution < 1.29 is 15.0 Å².